The summed E-state index contributed by atoms with van der Waals surface area (Å²) in [6.07, 6.45) is 3.24. The molecular formula is C21H25ClN2O2. The molecule has 0 aliphatic carbocycles. The molecule has 2 aromatic carbocycles. The van der Waals surface area contributed by atoms with Gasteiger partial charge < -0.3 is 14.0 Å². The van der Waals surface area contributed by atoms with Gasteiger partial charge >= 0.3 is 0 Å². The highest BCUT2D eigenvalue weighted by atomic mass is 35.5. The minimum Gasteiger partial charge on any atom is -0.493 e. The van der Waals surface area contributed by atoms with E-state index < -0.39 is 0 Å². The molecule has 0 N–H and O–H groups in total. The van der Waals surface area contributed by atoms with Crippen molar-refractivity contribution >= 4 is 23.4 Å². The normalized spacial score (nSPS) is 16.6. The van der Waals surface area contributed by atoms with E-state index in [2.05, 4.69) is 35.8 Å². The van der Waals surface area contributed by atoms with Crippen molar-refractivity contribution in [2.45, 2.75) is 38.8 Å². The number of nitrogens with zero attached hydrogens (tertiary/aromatic N) is 2. The van der Waals surface area contributed by atoms with Crippen LogP contribution >= 0.6 is 12.4 Å². The van der Waals surface area contributed by atoms with Crippen LogP contribution in [0.25, 0.3) is 11.0 Å². The van der Waals surface area contributed by atoms with E-state index in [0.29, 0.717) is 6.61 Å². The van der Waals surface area contributed by atoms with Crippen molar-refractivity contribution in [1.82, 2.24) is 9.55 Å². The summed E-state index contributed by atoms with van der Waals surface area (Å²) in [5.41, 5.74) is 3.41. The molecule has 1 atom stereocenters. The molecule has 0 bridgehead atoms. The second kappa shape index (κ2) is 8.56. The fourth-order valence-corrected chi connectivity index (χ4v) is 3.48. The number of para-hydroxylation sites is 3. The van der Waals surface area contributed by atoms with Crippen molar-refractivity contribution in [2.24, 2.45) is 0 Å². The number of imidazole rings is 1. The molecule has 4 nitrogen and oxygen atoms in total. The lowest BCUT2D eigenvalue weighted by atomic mass is 10.2. The lowest BCUT2D eigenvalue weighted by Crippen LogP contribution is -2.11. The monoisotopic (exact) mass is 372 g/mol. The van der Waals surface area contributed by atoms with Crippen LogP contribution in [-0.2, 0) is 11.3 Å². The van der Waals surface area contributed by atoms with E-state index in [1.54, 1.807) is 0 Å². The Morgan fingerprint density at radius 1 is 1.15 bits per heavy atom. The van der Waals surface area contributed by atoms with Gasteiger partial charge in [0.2, 0.25) is 0 Å². The Morgan fingerprint density at radius 3 is 2.77 bits per heavy atom. The zero-order valence-corrected chi connectivity index (χ0v) is 15.9. The lowest BCUT2D eigenvalue weighted by Gasteiger charge is -2.14. The van der Waals surface area contributed by atoms with Gasteiger partial charge in [0, 0.05) is 13.2 Å². The number of aromatic nitrogens is 2. The molecule has 2 heterocycles. The molecule has 26 heavy (non-hydrogen) atoms. The third-order valence-corrected chi connectivity index (χ3v) is 4.78. The Hall–Kier alpha value is -2.04. The van der Waals surface area contributed by atoms with Crippen molar-refractivity contribution in [2.75, 3.05) is 13.2 Å². The predicted octanol–water partition coefficient (Wildman–Crippen LogP) is 5.09. The quantitative estimate of drug-likeness (QED) is 0.565. The average Bonchev–Trinajstić information content (AvgIpc) is 3.28. The van der Waals surface area contributed by atoms with E-state index in [1.807, 2.05) is 24.3 Å². The minimum atomic E-state index is 0. The molecule has 5 heteroatoms. The van der Waals surface area contributed by atoms with Crippen molar-refractivity contribution in [3.8, 4) is 5.75 Å². The van der Waals surface area contributed by atoms with E-state index in [4.69, 9.17) is 14.5 Å². The van der Waals surface area contributed by atoms with Gasteiger partial charge in [0.05, 0.1) is 17.6 Å². The van der Waals surface area contributed by atoms with Crippen molar-refractivity contribution in [3.63, 3.8) is 0 Å². The maximum atomic E-state index is 5.95. The Labute approximate surface area is 160 Å². The highest BCUT2D eigenvalue weighted by Crippen LogP contribution is 2.30. The fourth-order valence-electron chi connectivity index (χ4n) is 3.48. The lowest BCUT2D eigenvalue weighted by molar-refractivity contribution is 0.102. The molecule has 1 fully saturated rings. The van der Waals surface area contributed by atoms with Gasteiger partial charge in [-0.15, -0.1) is 12.4 Å². The molecule has 138 valence electrons. The molecule has 0 saturated carbocycles. The van der Waals surface area contributed by atoms with E-state index in [0.717, 1.165) is 49.5 Å². The number of benzene rings is 2. The minimum absolute atomic E-state index is 0. The number of rotatable bonds is 6. The molecule has 1 aliphatic rings. The Morgan fingerprint density at radius 2 is 1.96 bits per heavy atom. The number of aryl methyl sites for hydroxylation is 2. The topological polar surface area (TPSA) is 36.3 Å². The van der Waals surface area contributed by atoms with Crippen LogP contribution in [0.2, 0.25) is 0 Å². The summed E-state index contributed by atoms with van der Waals surface area (Å²) >= 11 is 0. The largest absolute Gasteiger partial charge is 0.493 e. The first-order valence-corrected chi connectivity index (χ1v) is 9.08. The summed E-state index contributed by atoms with van der Waals surface area (Å²) in [4.78, 5) is 4.84. The molecule has 3 aromatic rings. The van der Waals surface area contributed by atoms with E-state index in [-0.39, 0.29) is 18.5 Å². The second-order valence-corrected chi connectivity index (χ2v) is 6.58. The molecule has 1 aromatic heterocycles. The standard InChI is InChI=1S/C21H24N2O2.ClH/c1-16-8-2-5-11-19(16)24-15-7-13-23-18-10-4-3-9-17(18)22-21(23)20-12-6-14-25-20;/h2-5,8-11,20H,6-7,12-15H2,1H3;1H. The average molecular weight is 373 g/mol. The zero-order valence-electron chi connectivity index (χ0n) is 15.1. The molecule has 1 unspecified atom stereocenters. The Balaban J connectivity index is 0.00000196. The van der Waals surface area contributed by atoms with Gasteiger partial charge in [-0.2, -0.15) is 0 Å². The van der Waals surface area contributed by atoms with Crippen LogP contribution in [0, 0.1) is 6.92 Å². The number of hydrogen-bond donors (Lipinski definition) is 0. The van der Waals surface area contributed by atoms with Crippen molar-refractivity contribution in [3.05, 3.63) is 59.9 Å². The van der Waals surface area contributed by atoms with Crippen LogP contribution in [0.3, 0.4) is 0 Å². The molecule has 0 spiro atoms. The maximum absolute atomic E-state index is 5.95. The molecule has 4 rings (SSSR count). The van der Waals surface area contributed by atoms with Crippen LogP contribution in [0.4, 0.5) is 0 Å². The molecular weight excluding hydrogens is 348 g/mol. The van der Waals surface area contributed by atoms with Crippen LogP contribution < -0.4 is 4.74 Å². The summed E-state index contributed by atoms with van der Waals surface area (Å²) < 4.78 is 14.1. The Bertz CT molecular complexity index is 856. The smallest absolute Gasteiger partial charge is 0.139 e. The zero-order chi connectivity index (χ0) is 17.1. The van der Waals surface area contributed by atoms with Crippen LogP contribution in [0.15, 0.2) is 48.5 Å². The van der Waals surface area contributed by atoms with Crippen LogP contribution in [0.1, 0.15) is 36.8 Å². The fraction of sp³-hybridized carbons (Fsp3) is 0.381. The van der Waals surface area contributed by atoms with Crippen LogP contribution in [0.5, 0.6) is 5.75 Å². The number of hydrogen-bond acceptors (Lipinski definition) is 3. The SMILES string of the molecule is Cc1ccccc1OCCCn1c(C2CCCO2)nc2ccccc21.Cl. The summed E-state index contributed by atoms with van der Waals surface area (Å²) in [5, 5.41) is 0. The van der Waals surface area contributed by atoms with Gasteiger partial charge in [-0.25, -0.2) is 4.98 Å². The maximum Gasteiger partial charge on any atom is 0.139 e. The Kier molecular flexibility index (Phi) is 6.17. The summed E-state index contributed by atoms with van der Waals surface area (Å²) in [6, 6.07) is 16.5. The number of fused-ring (bicyclic) bond motifs is 1. The first kappa shape index (κ1) is 18.7. The summed E-state index contributed by atoms with van der Waals surface area (Å²) in [7, 11) is 0. The van der Waals surface area contributed by atoms with Crippen molar-refractivity contribution in [1.29, 1.82) is 0 Å². The van der Waals surface area contributed by atoms with E-state index in [1.165, 1.54) is 11.1 Å². The van der Waals surface area contributed by atoms with Crippen molar-refractivity contribution < 1.29 is 9.47 Å². The third-order valence-electron chi connectivity index (χ3n) is 4.78. The molecule has 0 amide bonds. The summed E-state index contributed by atoms with van der Waals surface area (Å²) in [6.45, 7) is 4.50. The highest BCUT2D eigenvalue weighted by molar-refractivity contribution is 5.85. The van der Waals surface area contributed by atoms with Gasteiger partial charge in [-0.1, -0.05) is 30.3 Å². The highest BCUT2D eigenvalue weighted by Gasteiger charge is 2.24. The van der Waals surface area contributed by atoms with E-state index in [9.17, 15) is 0 Å². The predicted molar refractivity (Wildman–Crippen MR) is 106 cm³/mol. The molecule has 1 saturated heterocycles. The van der Waals surface area contributed by atoms with Gasteiger partial charge in [-0.3, -0.25) is 0 Å². The molecule has 1 aliphatic heterocycles. The van der Waals surface area contributed by atoms with E-state index >= 15 is 0 Å². The van der Waals surface area contributed by atoms with Gasteiger partial charge in [-0.05, 0) is 49.9 Å². The number of ether oxygens (including phenoxy) is 2. The first-order chi connectivity index (χ1) is 12.3. The van der Waals surface area contributed by atoms with Gasteiger partial charge in [0.15, 0.2) is 0 Å². The second-order valence-electron chi connectivity index (χ2n) is 6.58. The summed E-state index contributed by atoms with van der Waals surface area (Å²) in [5.74, 6) is 2.03. The van der Waals surface area contributed by atoms with Gasteiger partial charge in [0.1, 0.15) is 17.7 Å². The number of halogens is 1. The first-order valence-electron chi connectivity index (χ1n) is 9.08. The molecule has 0 radical (unpaired) electrons. The van der Waals surface area contributed by atoms with Gasteiger partial charge in [0.25, 0.3) is 0 Å². The van der Waals surface area contributed by atoms with Crippen LogP contribution in [-0.4, -0.2) is 22.8 Å². The third kappa shape index (κ3) is 3.87.